The molecule has 0 spiro atoms. The third kappa shape index (κ3) is 4.61. The van der Waals surface area contributed by atoms with Crippen molar-refractivity contribution in [3.05, 3.63) is 41.2 Å². The number of carbonyl (C=O) groups excluding carboxylic acids is 1. The smallest absolute Gasteiger partial charge is 0.232 e. The molecule has 0 atom stereocenters. The van der Waals surface area contributed by atoms with Crippen molar-refractivity contribution in [3.63, 3.8) is 0 Å². The lowest BCUT2D eigenvalue weighted by molar-refractivity contribution is -0.125. The summed E-state index contributed by atoms with van der Waals surface area (Å²) in [5.41, 5.74) is 0.997. The van der Waals surface area contributed by atoms with Crippen LogP contribution in [-0.4, -0.2) is 16.9 Å². The number of benzene rings is 1. The summed E-state index contributed by atoms with van der Waals surface area (Å²) in [6.07, 6.45) is 4.93. The number of thiazole rings is 1. The quantitative estimate of drug-likeness (QED) is 0.780. The lowest BCUT2D eigenvalue weighted by Crippen LogP contribution is -2.39. The van der Waals surface area contributed by atoms with E-state index in [1.165, 1.54) is 37.8 Å². The van der Waals surface area contributed by atoms with Gasteiger partial charge in [0.2, 0.25) is 5.91 Å². The van der Waals surface area contributed by atoms with Crippen molar-refractivity contribution in [2.24, 2.45) is 5.41 Å². The molecule has 1 saturated carbocycles. The van der Waals surface area contributed by atoms with Crippen molar-refractivity contribution >= 4 is 28.1 Å². The summed E-state index contributed by atoms with van der Waals surface area (Å²) in [5.74, 6) is -0.323. The second-order valence-electron chi connectivity index (χ2n) is 7.89. The zero-order valence-electron chi connectivity index (χ0n) is 15.6. The average molecular weight is 376 g/mol. The highest BCUT2D eigenvalue weighted by Gasteiger charge is 2.29. The topological polar surface area (TPSA) is 45.2 Å². The second-order valence-corrected chi connectivity index (χ2v) is 8.75. The fourth-order valence-electron chi connectivity index (χ4n) is 3.16. The molecule has 0 radical (unpaired) electrons. The first-order valence-corrected chi connectivity index (χ1v) is 9.99. The first-order chi connectivity index (χ1) is 12.3. The minimum Gasteiger partial charge on any atom is -0.359 e. The van der Waals surface area contributed by atoms with Crippen LogP contribution in [0.1, 0.15) is 52.1 Å². The van der Waals surface area contributed by atoms with E-state index in [1.807, 2.05) is 26.2 Å². The van der Waals surface area contributed by atoms with Gasteiger partial charge in [0, 0.05) is 22.5 Å². The fourth-order valence-corrected chi connectivity index (χ4v) is 3.94. The molecule has 1 aromatic carbocycles. The van der Waals surface area contributed by atoms with Gasteiger partial charge in [-0.05, 0) is 37.1 Å². The Labute approximate surface area is 158 Å². The normalized spacial score (nSPS) is 15.2. The van der Waals surface area contributed by atoms with Crippen molar-refractivity contribution in [2.75, 3.05) is 10.2 Å². The average Bonchev–Trinajstić information content (AvgIpc) is 3.25. The largest absolute Gasteiger partial charge is 0.359 e. The Morgan fingerprint density at radius 2 is 1.92 bits per heavy atom. The van der Waals surface area contributed by atoms with Crippen LogP contribution in [0.3, 0.4) is 0 Å². The van der Waals surface area contributed by atoms with E-state index in [0.29, 0.717) is 18.3 Å². The maximum absolute atomic E-state index is 13.3. The monoisotopic (exact) mass is 375 g/mol. The lowest BCUT2D eigenvalue weighted by Gasteiger charge is -2.29. The summed E-state index contributed by atoms with van der Waals surface area (Å²) in [6.45, 7) is 6.05. The first-order valence-electron chi connectivity index (χ1n) is 9.11. The Morgan fingerprint density at radius 1 is 1.27 bits per heavy atom. The first kappa shape index (κ1) is 18.8. The van der Waals surface area contributed by atoms with E-state index >= 15 is 0 Å². The van der Waals surface area contributed by atoms with Gasteiger partial charge in [0.1, 0.15) is 5.82 Å². The summed E-state index contributed by atoms with van der Waals surface area (Å²) in [6, 6.07) is 6.56. The number of hydrogen-bond acceptors (Lipinski definition) is 4. The number of amides is 1. The second kappa shape index (κ2) is 7.74. The zero-order chi connectivity index (χ0) is 18.7. The molecule has 6 heteroatoms. The Bertz CT molecular complexity index is 745. The van der Waals surface area contributed by atoms with Crippen LogP contribution in [0.25, 0.3) is 0 Å². The van der Waals surface area contributed by atoms with Crippen LogP contribution in [0.2, 0.25) is 0 Å². The molecular formula is C20H26FN3OS. The maximum Gasteiger partial charge on any atom is 0.232 e. The van der Waals surface area contributed by atoms with Gasteiger partial charge in [-0.3, -0.25) is 4.79 Å². The van der Waals surface area contributed by atoms with Crippen molar-refractivity contribution in [2.45, 2.75) is 59.0 Å². The number of rotatable bonds is 5. The number of hydrogen-bond donors (Lipinski definition) is 1. The van der Waals surface area contributed by atoms with E-state index in [4.69, 9.17) is 0 Å². The summed E-state index contributed by atoms with van der Waals surface area (Å²) >= 11 is 1.58. The SMILES string of the molecule is CC(C)(C)C(=O)N(Cc1csc(NC2CCCC2)n1)c1ccc(F)cc1. The van der Waals surface area contributed by atoms with Crippen LogP contribution in [0, 0.1) is 11.2 Å². The molecule has 0 saturated heterocycles. The van der Waals surface area contributed by atoms with Crippen molar-refractivity contribution < 1.29 is 9.18 Å². The van der Waals surface area contributed by atoms with Crippen molar-refractivity contribution in [1.82, 2.24) is 4.98 Å². The van der Waals surface area contributed by atoms with Crippen LogP contribution < -0.4 is 10.2 Å². The van der Waals surface area contributed by atoms with Crippen LogP contribution in [0.15, 0.2) is 29.6 Å². The van der Waals surface area contributed by atoms with E-state index in [-0.39, 0.29) is 11.7 Å². The number of aromatic nitrogens is 1. The molecule has 1 heterocycles. The molecule has 1 aliphatic carbocycles. The number of nitrogens with zero attached hydrogens (tertiary/aromatic N) is 2. The minimum absolute atomic E-state index is 0.0117. The molecule has 26 heavy (non-hydrogen) atoms. The molecule has 3 rings (SSSR count). The molecule has 1 fully saturated rings. The van der Waals surface area contributed by atoms with Crippen molar-refractivity contribution in [3.8, 4) is 0 Å². The molecule has 1 N–H and O–H groups in total. The molecule has 0 aliphatic heterocycles. The highest BCUT2D eigenvalue weighted by Crippen LogP contribution is 2.28. The summed E-state index contributed by atoms with van der Waals surface area (Å²) in [4.78, 5) is 19.3. The summed E-state index contributed by atoms with van der Waals surface area (Å²) < 4.78 is 13.3. The number of anilines is 2. The van der Waals surface area contributed by atoms with Gasteiger partial charge >= 0.3 is 0 Å². The predicted octanol–water partition coefficient (Wildman–Crippen LogP) is 5.22. The third-order valence-corrected chi connectivity index (χ3v) is 5.40. The van der Waals surface area contributed by atoms with Gasteiger partial charge in [-0.1, -0.05) is 33.6 Å². The number of carbonyl (C=O) groups is 1. The van der Waals surface area contributed by atoms with Gasteiger partial charge in [0.05, 0.1) is 12.2 Å². The van der Waals surface area contributed by atoms with Crippen LogP contribution in [-0.2, 0) is 11.3 Å². The standard InChI is InChI=1S/C20H26FN3OS/c1-20(2,3)18(25)24(17-10-8-14(21)9-11-17)12-16-13-26-19(23-16)22-15-6-4-5-7-15/h8-11,13,15H,4-7,12H2,1-3H3,(H,22,23). The zero-order valence-corrected chi connectivity index (χ0v) is 16.4. The molecule has 0 unspecified atom stereocenters. The van der Waals surface area contributed by atoms with E-state index in [1.54, 1.807) is 28.4 Å². The molecular weight excluding hydrogens is 349 g/mol. The van der Waals surface area contributed by atoms with Gasteiger partial charge in [-0.25, -0.2) is 9.37 Å². The Balaban J connectivity index is 1.78. The lowest BCUT2D eigenvalue weighted by atomic mass is 9.94. The molecule has 140 valence electrons. The van der Waals surface area contributed by atoms with Gasteiger partial charge in [0.15, 0.2) is 5.13 Å². The fraction of sp³-hybridized carbons (Fsp3) is 0.500. The Hall–Kier alpha value is -1.95. The van der Waals surface area contributed by atoms with Gasteiger partial charge in [0.25, 0.3) is 0 Å². The van der Waals surface area contributed by atoms with Gasteiger partial charge < -0.3 is 10.2 Å². The van der Waals surface area contributed by atoms with Gasteiger partial charge in [-0.15, -0.1) is 11.3 Å². The van der Waals surface area contributed by atoms with E-state index in [9.17, 15) is 9.18 Å². The van der Waals surface area contributed by atoms with Crippen LogP contribution in [0.4, 0.5) is 15.2 Å². The highest BCUT2D eigenvalue weighted by atomic mass is 32.1. The molecule has 0 bridgehead atoms. The van der Waals surface area contributed by atoms with Crippen LogP contribution >= 0.6 is 11.3 Å². The number of halogens is 1. The third-order valence-electron chi connectivity index (χ3n) is 4.58. The number of nitrogens with one attached hydrogen (secondary N) is 1. The van der Waals surface area contributed by atoms with E-state index in [2.05, 4.69) is 10.3 Å². The van der Waals surface area contributed by atoms with E-state index in [0.717, 1.165) is 10.8 Å². The summed E-state index contributed by atoms with van der Waals surface area (Å²) in [7, 11) is 0. The van der Waals surface area contributed by atoms with Crippen LogP contribution in [0.5, 0.6) is 0 Å². The molecule has 1 aromatic heterocycles. The van der Waals surface area contributed by atoms with E-state index < -0.39 is 5.41 Å². The minimum atomic E-state index is -0.532. The molecule has 4 nitrogen and oxygen atoms in total. The highest BCUT2D eigenvalue weighted by molar-refractivity contribution is 7.13. The Kier molecular flexibility index (Phi) is 5.61. The maximum atomic E-state index is 13.3. The van der Waals surface area contributed by atoms with Gasteiger partial charge in [-0.2, -0.15) is 0 Å². The molecule has 2 aromatic rings. The van der Waals surface area contributed by atoms with Crippen molar-refractivity contribution in [1.29, 1.82) is 0 Å². The molecule has 1 amide bonds. The summed E-state index contributed by atoms with van der Waals surface area (Å²) in [5, 5.41) is 6.40. The predicted molar refractivity (Wildman–Crippen MR) is 105 cm³/mol. The Morgan fingerprint density at radius 3 is 2.54 bits per heavy atom. The molecule has 1 aliphatic rings.